The Morgan fingerprint density at radius 3 is 1.37 bits per heavy atom. The summed E-state index contributed by atoms with van der Waals surface area (Å²) < 4.78 is 131. The van der Waals surface area contributed by atoms with Crippen LogP contribution in [0.2, 0.25) is 0 Å². The van der Waals surface area contributed by atoms with Crippen LogP contribution in [0.1, 0.15) is 58.1 Å². The Balaban J connectivity index is 0.000000219. The smallest absolute Gasteiger partial charge is 0.303 e. The number of fused-ring (bicyclic) bond motifs is 2. The fourth-order valence-corrected chi connectivity index (χ4v) is 11.0. The number of amides is 2. The van der Waals surface area contributed by atoms with Crippen molar-refractivity contribution >= 4 is 82.6 Å². The number of imidazole rings is 2. The maximum atomic E-state index is 14.5. The van der Waals surface area contributed by atoms with Gasteiger partial charge in [0.1, 0.15) is 6.61 Å². The minimum Gasteiger partial charge on any atom is -0.456 e. The summed E-state index contributed by atoms with van der Waals surface area (Å²) in [4.78, 5) is 42.3. The first-order chi connectivity index (χ1) is 35.4. The van der Waals surface area contributed by atoms with Crippen molar-refractivity contribution in [3.05, 3.63) is 96.6 Å². The second-order valence-electron chi connectivity index (χ2n) is 18.4. The van der Waals surface area contributed by atoms with E-state index >= 15 is 0 Å². The molecule has 0 aliphatic carbocycles. The lowest BCUT2D eigenvalue weighted by Crippen LogP contribution is -2.26. The summed E-state index contributed by atoms with van der Waals surface area (Å²) in [6.07, 6.45) is 3.08. The number of nitrogens with one attached hydrogen (secondary N) is 2. The minimum atomic E-state index is -4.03. The largest absolute Gasteiger partial charge is 0.456 e. The molecule has 3 N–H and O–H groups in total. The molecule has 8 rings (SSSR count). The molecule has 2 aliphatic heterocycles. The van der Waals surface area contributed by atoms with E-state index in [-0.39, 0.29) is 55.7 Å². The normalized spacial score (nSPS) is 15.0. The van der Waals surface area contributed by atoms with Crippen molar-refractivity contribution in [2.45, 2.75) is 81.2 Å². The lowest BCUT2D eigenvalue weighted by Gasteiger charge is -2.24. The average Bonchev–Trinajstić information content (AvgIpc) is 3.94. The van der Waals surface area contributed by atoms with Gasteiger partial charge in [0.05, 0.1) is 43.2 Å². The lowest BCUT2D eigenvalue weighted by molar-refractivity contribution is -0.144. The number of halogens is 4. The van der Waals surface area contributed by atoms with Crippen LogP contribution < -0.4 is 19.2 Å². The summed E-state index contributed by atoms with van der Waals surface area (Å²) in [6, 6.07) is 20.2. The highest BCUT2D eigenvalue weighted by Crippen LogP contribution is 2.36. The zero-order valence-electron chi connectivity index (χ0n) is 41.8. The number of aliphatic hydroxyl groups excluding tert-OH is 1. The molecule has 2 aromatic heterocycles. The lowest BCUT2D eigenvalue weighted by atomic mass is 10.00. The summed E-state index contributed by atoms with van der Waals surface area (Å²) in [6.45, 7) is 4.74. The van der Waals surface area contributed by atoms with E-state index < -0.39 is 62.9 Å². The molecule has 19 nitrogen and oxygen atoms in total. The second kappa shape index (κ2) is 23.1. The highest BCUT2D eigenvalue weighted by atomic mass is 32.2. The number of hydrogen-bond donors (Lipinski definition) is 3. The van der Waals surface area contributed by atoms with Gasteiger partial charge in [0.15, 0.2) is 18.3 Å². The zero-order valence-corrected chi connectivity index (χ0v) is 43.4. The molecule has 0 radical (unpaired) electrons. The first-order valence-corrected chi connectivity index (χ1v) is 26.7. The van der Waals surface area contributed by atoms with Crippen molar-refractivity contribution in [3.8, 4) is 0 Å². The molecule has 2 amide bonds. The Kier molecular flexibility index (Phi) is 17.2. The fourth-order valence-electron chi connectivity index (χ4n) is 8.62. The van der Waals surface area contributed by atoms with Gasteiger partial charge in [-0.15, -0.1) is 0 Å². The quantitative estimate of drug-likeness (QED) is 0.0605. The number of sulfonamides is 2. The van der Waals surface area contributed by atoms with Crippen molar-refractivity contribution in [1.82, 2.24) is 19.1 Å². The summed E-state index contributed by atoms with van der Waals surface area (Å²) >= 11 is 0. The Hall–Kier alpha value is -6.67. The molecule has 6 aromatic rings. The molecule has 2 fully saturated rings. The van der Waals surface area contributed by atoms with Crippen LogP contribution in [0.25, 0.3) is 22.1 Å². The predicted molar refractivity (Wildman–Crippen MR) is 271 cm³/mol. The highest BCUT2D eigenvalue weighted by molar-refractivity contribution is 7.93. The number of rotatable bonds is 17. The summed E-state index contributed by atoms with van der Waals surface area (Å²) in [5.41, 5.74) is 2.73. The Bertz CT molecular complexity index is 3240. The van der Waals surface area contributed by atoms with Gasteiger partial charge in [-0.2, -0.15) is 17.6 Å². The van der Waals surface area contributed by atoms with Crippen LogP contribution in [-0.4, -0.2) is 113 Å². The van der Waals surface area contributed by atoms with E-state index in [1.807, 2.05) is 0 Å². The Morgan fingerprint density at radius 2 is 1.03 bits per heavy atom. The molecule has 404 valence electrons. The van der Waals surface area contributed by atoms with Crippen LogP contribution in [0.5, 0.6) is 0 Å². The second-order valence-corrected chi connectivity index (χ2v) is 22.3. The van der Waals surface area contributed by atoms with Crippen LogP contribution in [0, 0.1) is 11.8 Å². The number of aliphatic hydroxyl groups is 1. The summed E-state index contributed by atoms with van der Waals surface area (Å²) in [5, 5.41) is 13.8. The van der Waals surface area contributed by atoms with Crippen LogP contribution in [0.15, 0.2) is 94.7 Å². The topological polar surface area (TPSA) is 234 Å². The van der Waals surface area contributed by atoms with Gasteiger partial charge >= 0.3 is 17.8 Å². The molecule has 75 heavy (non-hydrogen) atoms. The van der Waals surface area contributed by atoms with Gasteiger partial charge in [-0.25, -0.2) is 26.8 Å². The molecule has 25 heteroatoms. The standard InChI is InChI=1S/C26H30F2N4O6S.C24H28F2N4O5S/c1-17(33)38-16-24(34)29-19-4-7-21(8-5-19)39(35,36)31(3)20-6-9-23-22(14-20)30-25(26(2,27)28)32(23)15-18-10-12-37-13-11-18;1-24(25,26)23-28-20-13-18(5-8-21(20)30(23)14-16-9-11-35-12-10-16)29(2)36(33,34)19-6-3-17(4-7-19)27-22(32)15-31/h4-9,14,18H,10-13,15-16H2,1-3H3,(H,29,34);3-8,13,16,31H,9-12,14-15H2,1-2H3,(H,27,32). The number of nitrogens with zero attached hydrogens (tertiary/aromatic N) is 6. The molecule has 0 atom stereocenters. The van der Waals surface area contributed by atoms with Gasteiger partial charge in [0, 0.05) is 85.8 Å². The van der Waals surface area contributed by atoms with Crippen LogP contribution >= 0.6 is 0 Å². The number of anilines is 4. The van der Waals surface area contributed by atoms with Gasteiger partial charge in [0.2, 0.25) is 5.91 Å². The maximum Gasteiger partial charge on any atom is 0.303 e. The first-order valence-electron chi connectivity index (χ1n) is 23.8. The number of aromatic nitrogens is 4. The van der Waals surface area contributed by atoms with Crippen molar-refractivity contribution in [1.29, 1.82) is 0 Å². The van der Waals surface area contributed by atoms with Crippen LogP contribution in [-0.2, 0) is 73.6 Å². The third-order valence-electron chi connectivity index (χ3n) is 12.7. The van der Waals surface area contributed by atoms with Crippen molar-refractivity contribution in [3.63, 3.8) is 0 Å². The predicted octanol–water partition coefficient (Wildman–Crippen LogP) is 7.23. The molecule has 0 bridgehead atoms. The van der Waals surface area contributed by atoms with E-state index in [2.05, 4.69) is 25.3 Å². The minimum absolute atomic E-state index is 0.0297. The average molecular weight is 1090 g/mol. The van der Waals surface area contributed by atoms with E-state index in [1.54, 1.807) is 24.3 Å². The molecule has 0 spiro atoms. The van der Waals surface area contributed by atoms with Gasteiger partial charge in [0.25, 0.3) is 26.0 Å². The zero-order chi connectivity index (χ0) is 54.5. The molecular formula is C50H58F4N8O11S2. The van der Waals surface area contributed by atoms with Gasteiger partial charge in [-0.05, 0) is 122 Å². The van der Waals surface area contributed by atoms with E-state index in [1.165, 1.54) is 90.8 Å². The monoisotopic (exact) mass is 1090 g/mol. The number of carbonyl (C=O) groups is 3. The fraction of sp³-hybridized carbons (Fsp3) is 0.420. The van der Waals surface area contributed by atoms with Gasteiger partial charge < -0.3 is 39.1 Å². The van der Waals surface area contributed by atoms with Gasteiger partial charge in [-0.1, -0.05) is 0 Å². The number of benzene rings is 4. The number of alkyl halides is 4. The van der Waals surface area contributed by atoms with Crippen LogP contribution in [0.4, 0.5) is 40.3 Å². The van der Waals surface area contributed by atoms with E-state index in [0.29, 0.717) is 61.9 Å². The number of ether oxygens (including phenoxy) is 3. The van der Waals surface area contributed by atoms with Crippen molar-refractivity contribution in [2.75, 3.05) is 73.0 Å². The summed E-state index contributed by atoms with van der Waals surface area (Å²) in [5.74, 6) is -8.50. The summed E-state index contributed by atoms with van der Waals surface area (Å²) in [7, 11) is -5.29. The van der Waals surface area contributed by atoms with Gasteiger partial charge in [-0.3, -0.25) is 23.0 Å². The molecule has 2 saturated heterocycles. The Morgan fingerprint density at radius 1 is 0.653 bits per heavy atom. The van der Waals surface area contributed by atoms with E-state index in [9.17, 15) is 48.8 Å². The molecule has 2 aliphatic rings. The van der Waals surface area contributed by atoms with E-state index in [0.717, 1.165) is 48.1 Å². The molecule has 4 heterocycles. The maximum absolute atomic E-state index is 14.5. The molecule has 4 aromatic carbocycles. The third-order valence-corrected chi connectivity index (χ3v) is 16.3. The third kappa shape index (κ3) is 13.4. The van der Waals surface area contributed by atoms with Crippen molar-refractivity contribution in [2.24, 2.45) is 11.8 Å². The molecular weight excluding hydrogens is 1030 g/mol. The Labute approximate surface area is 430 Å². The number of hydrogen-bond acceptors (Lipinski definition) is 13. The molecule has 0 unspecified atom stereocenters. The van der Waals surface area contributed by atoms with Crippen molar-refractivity contribution < 1.29 is 68.1 Å². The SMILES string of the molecule is CC(=O)OCC(=O)Nc1ccc(S(=O)(=O)N(C)c2ccc3c(c2)nc(C(C)(F)F)n3CC2CCOCC2)cc1.CN(c1ccc2c(c1)nc(C(C)(F)F)n2CC1CCOCC1)S(=O)(=O)c1ccc(NC(=O)CO)cc1. The van der Waals surface area contributed by atoms with E-state index in [4.69, 9.17) is 14.6 Å². The van der Waals surface area contributed by atoms with Crippen LogP contribution in [0.3, 0.4) is 0 Å². The first kappa shape index (κ1) is 56.1. The number of carbonyl (C=O) groups excluding carboxylic acids is 3. The molecule has 0 saturated carbocycles. The highest BCUT2D eigenvalue weighted by Gasteiger charge is 2.35. The number of esters is 1.